The molecule has 0 radical (unpaired) electrons. The third kappa shape index (κ3) is 5.55. The van der Waals surface area contributed by atoms with Crippen LogP contribution in [0.25, 0.3) is 0 Å². The predicted molar refractivity (Wildman–Crippen MR) is 60.5 cm³/mol. The van der Waals surface area contributed by atoms with Crippen LogP contribution in [-0.4, -0.2) is 0 Å². The Labute approximate surface area is 102 Å². The standard InChI is InChI=1S/C11H15.C2H5.Zn/c1-3-10(4-2)11-8-6-5-7-9-11;1-2;/h5-10H,1,3-4H2,2H3;1H2,2H3;/q2*-1;+2. The summed E-state index contributed by atoms with van der Waals surface area (Å²) >= 11 is 0. The van der Waals surface area contributed by atoms with Gasteiger partial charge in [-0.25, -0.2) is 0 Å². The Hall–Kier alpha value is -0.157. The van der Waals surface area contributed by atoms with Crippen molar-refractivity contribution in [2.24, 2.45) is 0 Å². The van der Waals surface area contributed by atoms with Crippen molar-refractivity contribution >= 4 is 0 Å². The van der Waals surface area contributed by atoms with Crippen LogP contribution in [-0.2, 0) is 19.5 Å². The molecular weight excluding hydrogens is 222 g/mol. The van der Waals surface area contributed by atoms with Crippen molar-refractivity contribution < 1.29 is 19.5 Å². The van der Waals surface area contributed by atoms with Crippen molar-refractivity contribution in [2.75, 3.05) is 0 Å². The van der Waals surface area contributed by atoms with Gasteiger partial charge in [0.2, 0.25) is 0 Å². The number of rotatable bonds is 3. The molecule has 1 aromatic carbocycles. The maximum atomic E-state index is 3.93. The van der Waals surface area contributed by atoms with Gasteiger partial charge in [-0.05, 0) is 11.5 Å². The van der Waals surface area contributed by atoms with Crippen LogP contribution in [0.4, 0.5) is 0 Å². The SMILES string of the molecule is [CH2-]C.[CH2-]CC(CC)c1ccccc1.[Zn+2]. The summed E-state index contributed by atoms with van der Waals surface area (Å²) in [5, 5.41) is 0. The zero-order valence-corrected chi connectivity index (χ0v) is 12.5. The second-order valence-electron chi connectivity index (χ2n) is 2.80. The second kappa shape index (κ2) is 10.9. The molecule has 0 saturated carbocycles. The summed E-state index contributed by atoms with van der Waals surface area (Å²) in [6, 6.07) is 10.6. The average molecular weight is 242 g/mol. The van der Waals surface area contributed by atoms with Crippen molar-refractivity contribution in [1.29, 1.82) is 0 Å². The first kappa shape index (κ1) is 16.3. The summed E-state index contributed by atoms with van der Waals surface area (Å²) < 4.78 is 0. The molecule has 1 heteroatoms. The van der Waals surface area contributed by atoms with E-state index in [0.29, 0.717) is 5.92 Å². The first-order valence-corrected chi connectivity index (χ1v) is 4.93. The monoisotopic (exact) mass is 240 g/mol. The van der Waals surface area contributed by atoms with Gasteiger partial charge < -0.3 is 13.8 Å². The van der Waals surface area contributed by atoms with Crippen LogP contribution in [0.5, 0.6) is 0 Å². The summed E-state index contributed by atoms with van der Waals surface area (Å²) in [7, 11) is 0. The van der Waals surface area contributed by atoms with Crippen molar-refractivity contribution in [3.05, 3.63) is 49.7 Å². The van der Waals surface area contributed by atoms with Gasteiger partial charge in [0.05, 0.1) is 0 Å². The van der Waals surface area contributed by atoms with Gasteiger partial charge in [0.25, 0.3) is 0 Å². The average Bonchev–Trinajstić information content (AvgIpc) is 2.24. The molecule has 1 atom stereocenters. The minimum absolute atomic E-state index is 0. The van der Waals surface area contributed by atoms with E-state index in [4.69, 9.17) is 0 Å². The van der Waals surface area contributed by atoms with Crippen molar-refractivity contribution in [3.63, 3.8) is 0 Å². The van der Waals surface area contributed by atoms with Crippen LogP contribution in [0.3, 0.4) is 0 Å². The molecule has 1 aromatic rings. The Bertz CT molecular complexity index is 190. The van der Waals surface area contributed by atoms with Gasteiger partial charge in [-0.15, -0.1) is 0 Å². The molecule has 0 amide bonds. The van der Waals surface area contributed by atoms with E-state index >= 15 is 0 Å². The zero-order valence-electron chi connectivity index (χ0n) is 9.50. The van der Waals surface area contributed by atoms with E-state index in [0.717, 1.165) is 6.42 Å². The summed E-state index contributed by atoms with van der Waals surface area (Å²) in [5.41, 5.74) is 1.42. The molecule has 0 aromatic heterocycles. The molecule has 0 heterocycles. The summed E-state index contributed by atoms with van der Waals surface area (Å²) in [5.74, 6) is 0.649. The Morgan fingerprint density at radius 2 is 1.64 bits per heavy atom. The summed E-state index contributed by atoms with van der Waals surface area (Å²) in [6.45, 7) is 11.1. The van der Waals surface area contributed by atoms with Gasteiger partial charge in [0, 0.05) is 0 Å². The molecule has 1 rings (SSSR count). The van der Waals surface area contributed by atoms with Gasteiger partial charge in [-0.3, -0.25) is 0 Å². The maximum absolute atomic E-state index is 3.93. The molecule has 0 fully saturated rings. The first-order chi connectivity index (χ1) is 6.38. The summed E-state index contributed by atoms with van der Waals surface area (Å²) in [4.78, 5) is 0. The van der Waals surface area contributed by atoms with Crippen LogP contribution in [0.1, 0.15) is 38.2 Å². The van der Waals surface area contributed by atoms with Crippen LogP contribution < -0.4 is 0 Å². The van der Waals surface area contributed by atoms with Gasteiger partial charge in [0.15, 0.2) is 0 Å². The van der Waals surface area contributed by atoms with E-state index < -0.39 is 0 Å². The molecule has 0 aliphatic rings. The van der Waals surface area contributed by atoms with E-state index in [1.807, 2.05) is 0 Å². The van der Waals surface area contributed by atoms with Crippen molar-refractivity contribution in [3.8, 4) is 0 Å². The summed E-state index contributed by atoms with van der Waals surface area (Å²) in [6.07, 6.45) is 2.19. The van der Waals surface area contributed by atoms with Crippen molar-refractivity contribution in [2.45, 2.75) is 32.6 Å². The van der Waals surface area contributed by atoms with E-state index in [-0.39, 0.29) is 19.5 Å². The number of benzene rings is 1. The van der Waals surface area contributed by atoms with Gasteiger partial charge in [-0.2, -0.15) is 13.3 Å². The molecule has 0 nitrogen and oxygen atoms in total. The van der Waals surface area contributed by atoms with Crippen LogP contribution in [0.2, 0.25) is 0 Å². The Balaban J connectivity index is 0. The Morgan fingerprint density at radius 3 is 2.00 bits per heavy atom. The first-order valence-electron chi connectivity index (χ1n) is 4.93. The number of hydrogen-bond donors (Lipinski definition) is 0. The minimum Gasteiger partial charge on any atom is -0.346 e. The Morgan fingerprint density at radius 1 is 1.14 bits per heavy atom. The molecule has 74 valence electrons. The smallest absolute Gasteiger partial charge is 0.346 e. The fourth-order valence-electron chi connectivity index (χ4n) is 1.33. The van der Waals surface area contributed by atoms with Gasteiger partial charge >= 0.3 is 19.5 Å². The van der Waals surface area contributed by atoms with E-state index in [1.165, 1.54) is 12.0 Å². The molecule has 0 bridgehead atoms. The molecule has 0 spiro atoms. The van der Waals surface area contributed by atoms with Crippen LogP contribution in [0.15, 0.2) is 30.3 Å². The van der Waals surface area contributed by atoms with Crippen molar-refractivity contribution in [1.82, 2.24) is 0 Å². The van der Waals surface area contributed by atoms with Gasteiger partial charge in [-0.1, -0.05) is 43.7 Å². The maximum Gasteiger partial charge on any atom is 2.00 e. The third-order valence-electron chi connectivity index (χ3n) is 2.11. The molecule has 0 N–H and O–H groups in total. The van der Waals surface area contributed by atoms with Crippen LogP contribution in [0, 0.1) is 13.8 Å². The van der Waals surface area contributed by atoms with Gasteiger partial charge in [0.1, 0.15) is 0 Å². The van der Waals surface area contributed by atoms with Crippen LogP contribution >= 0.6 is 0 Å². The van der Waals surface area contributed by atoms with E-state index in [9.17, 15) is 0 Å². The second-order valence-corrected chi connectivity index (χ2v) is 2.80. The Kier molecular flexibility index (Phi) is 12.7. The third-order valence-corrected chi connectivity index (χ3v) is 2.11. The molecule has 14 heavy (non-hydrogen) atoms. The molecule has 1 unspecified atom stereocenters. The van der Waals surface area contributed by atoms with E-state index in [2.05, 4.69) is 51.1 Å². The normalized spacial score (nSPS) is 10.6. The number of hydrogen-bond acceptors (Lipinski definition) is 0. The molecule has 0 aliphatic heterocycles. The quantitative estimate of drug-likeness (QED) is 0.548. The topological polar surface area (TPSA) is 0 Å². The molecular formula is C13H20Zn. The predicted octanol–water partition coefficient (Wildman–Crippen LogP) is 4.24. The fraction of sp³-hybridized carbons (Fsp3) is 0.385. The minimum atomic E-state index is 0. The van der Waals surface area contributed by atoms with E-state index in [1.54, 1.807) is 6.92 Å². The largest absolute Gasteiger partial charge is 2.00 e. The zero-order chi connectivity index (χ0) is 10.1. The molecule has 0 saturated heterocycles. The molecule has 0 aliphatic carbocycles. The fourth-order valence-corrected chi connectivity index (χ4v) is 1.33.